The molecule has 0 spiro atoms. The Morgan fingerprint density at radius 3 is 2.46 bits per heavy atom. The van der Waals surface area contributed by atoms with Crippen molar-refractivity contribution in [2.75, 3.05) is 0 Å². The van der Waals surface area contributed by atoms with Crippen molar-refractivity contribution >= 4 is 5.97 Å². The molecule has 68 valence electrons. The van der Waals surface area contributed by atoms with Crippen molar-refractivity contribution in [3.63, 3.8) is 0 Å². The molecule has 1 atom stereocenters. The van der Waals surface area contributed by atoms with Gasteiger partial charge in [0.25, 0.3) is 0 Å². The van der Waals surface area contributed by atoms with Gasteiger partial charge in [-0.1, -0.05) is 35.5 Å². The smallest absolute Gasteiger partial charge is 0.332 e. The van der Waals surface area contributed by atoms with Gasteiger partial charge in [0.05, 0.1) is 0 Å². The number of carboxylic acid groups (broad SMARTS) is 1. The number of nitroso groups, excluding NO2 is 1. The largest absolute Gasteiger partial charge is 0.480 e. The highest BCUT2D eigenvalue weighted by Gasteiger charge is 2.17. The van der Waals surface area contributed by atoms with Crippen molar-refractivity contribution in [1.82, 2.24) is 0 Å². The van der Waals surface area contributed by atoms with Crippen molar-refractivity contribution in [1.29, 1.82) is 0 Å². The summed E-state index contributed by atoms with van der Waals surface area (Å²) in [5.41, 5.74) is 0.800. The molecule has 0 amide bonds. The molecule has 0 fully saturated rings. The van der Waals surface area contributed by atoms with Gasteiger partial charge < -0.3 is 5.11 Å². The van der Waals surface area contributed by atoms with Crippen molar-refractivity contribution in [3.8, 4) is 0 Å². The van der Waals surface area contributed by atoms with Gasteiger partial charge in [0.1, 0.15) is 0 Å². The summed E-state index contributed by atoms with van der Waals surface area (Å²) in [7, 11) is 0. The van der Waals surface area contributed by atoms with Crippen LogP contribution in [-0.4, -0.2) is 17.1 Å². The van der Waals surface area contributed by atoms with E-state index in [0.29, 0.717) is 0 Å². The van der Waals surface area contributed by atoms with Crippen molar-refractivity contribution in [2.45, 2.75) is 12.5 Å². The Balaban J connectivity index is 2.67. The lowest BCUT2D eigenvalue weighted by molar-refractivity contribution is -0.138. The van der Waals surface area contributed by atoms with E-state index >= 15 is 0 Å². The third-order valence-electron chi connectivity index (χ3n) is 1.68. The Hall–Kier alpha value is -1.71. The molecular weight excluding hydrogens is 170 g/mol. The van der Waals surface area contributed by atoms with Gasteiger partial charge in [-0.15, -0.1) is 4.91 Å². The van der Waals surface area contributed by atoms with Crippen LogP contribution >= 0.6 is 0 Å². The third-order valence-corrected chi connectivity index (χ3v) is 1.68. The Morgan fingerprint density at radius 1 is 1.38 bits per heavy atom. The average molecular weight is 179 g/mol. The zero-order chi connectivity index (χ0) is 9.68. The number of nitrogens with zero attached hydrogens (tertiary/aromatic N) is 1. The van der Waals surface area contributed by atoms with Crippen molar-refractivity contribution in [2.24, 2.45) is 5.18 Å². The SMILES string of the molecule is O=N[C@@H](Cc1ccccc1)C(=O)O. The highest BCUT2D eigenvalue weighted by molar-refractivity contribution is 5.74. The predicted octanol–water partition coefficient (Wildman–Crippen LogP) is 1.45. The second kappa shape index (κ2) is 4.35. The van der Waals surface area contributed by atoms with E-state index in [4.69, 9.17) is 5.11 Å². The first-order chi connectivity index (χ1) is 6.24. The van der Waals surface area contributed by atoms with Crippen molar-refractivity contribution < 1.29 is 9.90 Å². The first-order valence-electron chi connectivity index (χ1n) is 3.83. The number of aliphatic carboxylic acids is 1. The van der Waals surface area contributed by atoms with Gasteiger partial charge in [-0.05, 0) is 5.56 Å². The maximum atomic E-state index is 10.4. The lowest BCUT2D eigenvalue weighted by Crippen LogP contribution is -2.19. The molecule has 4 heteroatoms. The molecule has 0 saturated heterocycles. The third kappa shape index (κ3) is 2.66. The zero-order valence-electron chi connectivity index (χ0n) is 6.88. The van der Waals surface area contributed by atoms with Gasteiger partial charge in [0.15, 0.2) is 6.04 Å². The molecule has 0 aliphatic heterocycles. The Bertz CT molecular complexity index is 297. The summed E-state index contributed by atoms with van der Waals surface area (Å²) in [6.07, 6.45) is 0.152. The molecule has 0 aliphatic rings. The standard InChI is InChI=1S/C9H9NO3/c11-9(12)8(10-13)6-7-4-2-1-3-5-7/h1-5,8H,6H2,(H,11,12)/t8-/m0/s1. The highest BCUT2D eigenvalue weighted by atomic mass is 16.4. The van der Waals surface area contributed by atoms with Crippen LogP contribution in [-0.2, 0) is 11.2 Å². The second-order valence-electron chi connectivity index (χ2n) is 2.65. The Morgan fingerprint density at radius 2 is 2.00 bits per heavy atom. The van der Waals surface area contributed by atoms with Crippen LogP contribution in [0.15, 0.2) is 35.5 Å². The van der Waals surface area contributed by atoms with Gasteiger partial charge in [0, 0.05) is 6.42 Å². The second-order valence-corrected chi connectivity index (χ2v) is 2.65. The molecule has 1 aromatic carbocycles. The van der Waals surface area contributed by atoms with Crippen LogP contribution in [0.1, 0.15) is 5.56 Å². The zero-order valence-corrected chi connectivity index (χ0v) is 6.88. The monoisotopic (exact) mass is 179 g/mol. The molecule has 4 nitrogen and oxygen atoms in total. The molecule has 0 heterocycles. The van der Waals surface area contributed by atoms with Gasteiger partial charge in [-0.3, -0.25) is 0 Å². The summed E-state index contributed by atoms with van der Waals surface area (Å²) in [6, 6.07) is 7.76. The normalized spacial score (nSPS) is 12.0. The Kier molecular flexibility index (Phi) is 3.14. The average Bonchev–Trinajstić information content (AvgIpc) is 2.15. The molecule has 1 aromatic rings. The topological polar surface area (TPSA) is 66.7 Å². The minimum atomic E-state index is -1.18. The highest BCUT2D eigenvalue weighted by Crippen LogP contribution is 2.05. The van der Waals surface area contributed by atoms with E-state index in [-0.39, 0.29) is 6.42 Å². The number of benzene rings is 1. The minimum absolute atomic E-state index is 0.152. The first-order valence-corrected chi connectivity index (χ1v) is 3.83. The molecule has 0 unspecified atom stereocenters. The molecule has 1 rings (SSSR count). The lowest BCUT2D eigenvalue weighted by Gasteiger charge is -2.02. The predicted molar refractivity (Wildman–Crippen MR) is 47.4 cm³/mol. The molecule has 0 radical (unpaired) electrons. The van der Waals surface area contributed by atoms with Crippen molar-refractivity contribution in [3.05, 3.63) is 40.8 Å². The fourth-order valence-electron chi connectivity index (χ4n) is 1.01. The maximum absolute atomic E-state index is 10.4. The fourth-order valence-corrected chi connectivity index (χ4v) is 1.01. The van der Waals surface area contributed by atoms with Crippen LogP contribution < -0.4 is 0 Å². The van der Waals surface area contributed by atoms with E-state index in [9.17, 15) is 9.70 Å². The molecule has 0 aromatic heterocycles. The van der Waals surface area contributed by atoms with Crippen LogP contribution in [0.4, 0.5) is 0 Å². The van der Waals surface area contributed by atoms with Crippen LogP contribution in [0.5, 0.6) is 0 Å². The van der Waals surface area contributed by atoms with Gasteiger partial charge in [0.2, 0.25) is 0 Å². The fraction of sp³-hybridized carbons (Fsp3) is 0.222. The van der Waals surface area contributed by atoms with Gasteiger partial charge >= 0.3 is 5.97 Å². The number of hydrogen-bond donors (Lipinski definition) is 1. The summed E-state index contributed by atoms with van der Waals surface area (Å²) in [5.74, 6) is -1.18. The number of carboxylic acids is 1. The lowest BCUT2D eigenvalue weighted by atomic mass is 10.1. The van der Waals surface area contributed by atoms with E-state index in [0.717, 1.165) is 5.56 Å². The first kappa shape index (κ1) is 9.38. The summed E-state index contributed by atoms with van der Waals surface area (Å²) in [6.45, 7) is 0. The van der Waals surface area contributed by atoms with Crippen LogP contribution in [0, 0.1) is 4.91 Å². The molecule has 13 heavy (non-hydrogen) atoms. The number of rotatable bonds is 4. The van der Waals surface area contributed by atoms with Crippen LogP contribution in [0.25, 0.3) is 0 Å². The molecular formula is C9H9NO3. The quantitative estimate of drug-likeness (QED) is 0.711. The van der Waals surface area contributed by atoms with E-state index in [1.807, 2.05) is 6.07 Å². The molecule has 0 aliphatic carbocycles. The summed E-state index contributed by atoms with van der Waals surface area (Å²) >= 11 is 0. The van der Waals surface area contributed by atoms with Gasteiger partial charge in [-0.25, -0.2) is 4.79 Å². The maximum Gasteiger partial charge on any atom is 0.332 e. The molecule has 0 bridgehead atoms. The molecule has 1 N–H and O–H groups in total. The Labute approximate surface area is 75.2 Å². The number of carbonyl (C=O) groups is 1. The van der Waals surface area contributed by atoms with Crippen LogP contribution in [0.2, 0.25) is 0 Å². The van der Waals surface area contributed by atoms with E-state index in [1.165, 1.54) is 0 Å². The summed E-state index contributed by atoms with van der Waals surface area (Å²) < 4.78 is 0. The van der Waals surface area contributed by atoms with E-state index in [2.05, 4.69) is 5.18 Å². The number of hydrogen-bond acceptors (Lipinski definition) is 3. The van der Waals surface area contributed by atoms with E-state index < -0.39 is 12.0 Å². The summed E-state index contributed by atoms with van der Waals surface area (Å²) in [5, 5.41) is 11.1. The summed E-state index contributed by atoms with van der Waals surface area (Å²) in [4.78, 5) is 20.6. The van der Waals surface area contributed by atoms with Crippen LogP contribution in [0.3, 0.4) is 0 Å². The van der Waals surface area contributed by atoms with Gasteiger partial charge in [-0.2, -0.15) is 0 Å². The van der Waals surface area contributed by atoms with E-state index in [1.54, 1.807) is 24.3 Å². The minimum Gasteiger partial charge on any atom is -0.480 e. The molecule has 0 saturated carbocycles.